The van der Waals surface area contributed by atoms with E-state index in [9.17, 15) is 0 Å². The Morgan fingerprint density at radius 3 is 1.19 bits per heavy atom. The van der Waals surface area contributed by atoms with E-state index < -0.39 is 0 Å². The zero-order chi connectivity index (χ0) is 41.9. The minimum absolute atomic E-state index is 0.0588. The fourth-order valence-corrected chi connectivity index (χ4v) is 11.2. The Labute approximate surface area is 369 Å². The Bertz CT molecular complexity index is 3810. The summed E-state index contributed by atoms with van der Waals surface area (Å²) in [5, 5.41) is 7.46. The maximum absolute atomic E-state index is 7.56. The Morgan fingerprint density at radius 1 is 0.328 bits per heavy atom. The number of hydrogen-bond acceptors (Lipinski definition) is 1. The molecule has 1 aliphatic carbocycles. The van der Waals surface area contributed by atoms with Crippen LogP contribution in [0.3, 0.4) is 0 Å². The van der Waals surface area contributed by atoms with Crippen LogP contribution in [0.1, 0.15) is 17.0 Å². The summed E-state index contributed by atoms with van der Waals surface area (Å²) in [6, 6.07) is 77.1. The van der Waals surface area contributed by atoms with E-state index in [0.29, 0.717) is 0 Å². The number of benzene rings is 9. The minimum atomic E-state index is -0.275. The molecule has 0 radical (unpaired) electrons. The third-order valence-electron chi connectivity index (χ3n) is 13.8. The monoisotopic (exact) mass is 817 g/mol. The molecular formula is C60H39N3O. The van der Waals surface area contributed by atoms with Crippen LogP contribution in [0.2, 0.25) is 0 Å². The summed E-state index contributed by atoms with van der Waals surface area (Å²) in [5.41, 5.74) is 16.2. The maximum Gasteiger partial charge on any atom is 0.135 e. The first-order valence-electron chi connectivity index (χ1n) is 22.2. The molecular weight excluding hydrogens is 779 g/mol. The summed E-state index contributed by atoms with van der Waals surface area (Å²) in [4.78, 5) is 0. The smallest absolute Gasteiger partial charge is 0.135 e. The number of rotatable bonds is 5. The highest BCUT2D eigenvalue weighted by Gasteiger charge is 2.41. The van der Waals surface area contributed by atoms with Gasteiger partial charge in [-0.15, -0.1) is 0 Å². The van der Waals surface area contributed by atoms with Crippen LogP contribution in [0, 0.1) is 0 Å². The van der Waals surface area contributed by atoms with Gasteiger partial charge in [-0.1, -0.05) is 164 Å². The second-order valence-corrected chi connectivity index (χ2v) is 17.1. The van der Waals surface area contributed by atoms with Gasteiger partial charge in [-0.2, -0.15) is 0 Å². The van der Waals surface area contributed by atoms with Gasteiger partial charge in [-0.3, -0.25) is 0 Å². The quantitative estimate of drug-likeness (QED) is 0.170. The van der Waals surface area contributed by atoms with Gasteiger partial charge < -0.3 is 18.4 Å². The summed E-state index contributed by atoms with van der Waals surface area (Å²) in [6.45, 7) is 0. The largest absolute Gasteiger partial charge is 0.484 e. The molecule has 300 valence electrons. The van der Waals surface area contributed by atoms with Gasteiger partial charge in [0.2, 0.25) is 0 Å². The SMILES string of the molecule is C1=C(c2ccccc2-n2c3ccccc3c3ccccc32)C2Oc3c(-c4ccccc4-n4c5ccccc5c5ccccc54)cccc3C2C=C1n1c2ccccc2c2ccccc21. The van der Waals surface area contributed by atoms with Crippen molar-refractivity contribution in [3.8, 4) is 28.3 Å². The Kier molecular flexibility index (Phi) is 7.48. The molecule has 0 spiro atoms. The molecule has 4 nitrogen and oxygen atoms in total. The first-order valence-corrected chi connectivity index (χ1v) is 22.2. The molecule has 3 aromatic heterocycles. The normalized spacial score (nSPS) is 15.8. The molecule has 4 heterocycles. The van der Waals surface area contributed by atoms with E-state index in [0.717, 1.165) is 45.1 Å². The number of nitrogens with zero attached hydrogens (tertiary/aromatic N) is 3. The first kappa shape index (κ1) is 35.3. The van der Waals surface area contributed by atoms with Crippen LogP contribution in [-0.4, -0.2) is 19.8 Å². The van der Waals surface area contributed by atoms with Crippen molar-refractivity contribution in [3.63, 3.8) is 0 Å². The van der Waals surface area contributed by atoms with Crippen molar-refractivity contribution < 1.29 is 4.74 Å². The fraction of sp³-hybridized carbons (Fsp3) is 0.0333. The molecule has 9 aromatic carbocycles. The van der Waals surface area contributed by atoms with Gasteiger partial charge >= 0.3 is 0 Å². The van der Waals surface area contributed by atoms with Crippen molar-refractivity contribution in [1.29, 1.82) is 0 Å². The van der Waals surface area contributed by atoms with Gasteiger partial charge in [0, 0.05) is 71.8 Å². The second-order valence-electron chi connectivity index (χ2n) is 17.1. The molecule has 0 fully saturated rings. The van der Waals surface area contributed by atoms with Crippen molar-refractivity contribution in [2.24, 2.45) is 0 Å². The summed E-state index contributed by atoms with van der Waals surface area (Å²) in [6.07, 6.45) is 4.59. The van der Waals surface area contributed by atoms with E-state index in [1.165, 1.54) is 71.0 Å². The topological polar surface area (TPSA) is 24.0 Å². The predicted octanol–water partition coefficient (Wildman–Crippen LogP) is 15.1. The van der Waals surface area contributed by atoms with Gasteiger partial charge in [0.05, 0.1) is 44.5 Å². The third kappa shape index (κ3) is 4.93. The number of hydrogen-bond donors (Lipinski definition) is 0. The van der Waals surface area contributed by atoms with Crippen LogP contribution in [0.4, 0.5) is 0 Å². The number of ether oxygens (including phenoxy) is 1. The van der Waals surface area contributed by atoms with Gasteiger partial charge in [0.1, 0.15) is 11.9 Å². The van der Waals surface area contributed by atoms with Crippen molar-refractivity contribution in [3.05, 3.63) is 236 Å². The van der Waals surface area contributed by atoms with Crippen LogP contribution in [-0.2, 0) is 0 Å². The maximum atomic E-state index is 7.56. The Hall–Kier alpha value is -8.34. The summed E-state index contributed by atoms with van der Waals surface area (Å²) in [7, 11) is 0. The molecule has 1 aliphatic heterocycles. The molecule has 2 atom stereocenters. The molecule has 64 heavy (non-hydrogen) atoms. The average molecular weight is 818 g/mol. The van der Waals surface area contributed by atoms with Crippen molar-refractivity contribution in [1.82, 2.24) is 13.7 Å². The third-order valence-corrected chi connectivity index (χ3v) is 13.8. The minimum Gasteiger partial charge on any atom is -0.484 e. The average Bonchev–Trinajstić information content (AvgIpc) is 4.10. The molecule has 0 bridgehead atoms. The highest BCUT2D eigenvalue weighted by Crippen LogP contribution is 2.53. The number of fused-ring (bicyclic) bond motifs is 12. The standard InChI is InChI=1S/C60H39N3O/c1-9-28-51-39(18-1)40-19-2-10-29-52(40)61(51)38-36-49(46-25-8-16-35-58(46)63-55-32-13-5-22-43(55)44-23-6-14-33-56(44)63)60-50(37-38)48-27-17-26-47(59(48)64-60)45-24-7-15-34-57(45)62-53-30-11-3-20-41(53)42-21-4-12-31-54(42)62/h1-37,50,60H. The van der Waals surface area contributed by atoms with E-state index in [-0.39, 0.29) is 12.0 Å². The lowest BCUT2D eigenvalue weighted by Gasteiger charge is -2.28. The van der Waals surface area contributed by atoms with Crippen molar-refractivity contribution in [2.75, 3.05) is 0 Å². The van der Waals surface area contributed by atoms with Crippen LogP contribution in [0.5, 0.6) is 5.75 Å². The van der Waals surface area contributed by atoms with Crippen LogP contribution >= 0.6 is 0 Å². The van der Waals surface area contributed by atoms with E-state index in [1.54, 1.807) is 0 Å². The van der Waals surface area contributed by atoms with Crippen LogP contribution in [0.25, 0.3) is 99.2 Å². The Balaban J connectivity index is 1.02. The molecule has 0 amide bonds. The number of aromatic nitrogens is 3. The van der Waals surface area contributed by atoms with Gasteiger partial charge in [-0.05, 0) is 60.7 Å². The first-order chi connectivity index (χ1) is 31.8. The molecule has 4 heteroatoms. The summed E-state index contributed by atoms with van der Waals surface area (Å²) in [5.74, 6) is 0.877. The lowest BCUT2D eigenvalue weighted by Crippen LogP contribution is -2.24. The van der Waals surface area contributed by atoms with E-state index in [4.69, 9.17) is 4.74 Å². The summed E-state index contributed by atoms with van der Waals surface area (Å²) < 4.78 is 14.9. The van der Waals surface area contributed by atoms with E-state index >= 15 is 0 Å². The molecule has 0 N–H and O–H groups in total. The van der Waals surface area contributed by atoms with E-state index in [2.05, 4.69) is 238 Å². The van der Waals surface area contributed by atoms with Crippen LogP contribution < -0.4 is 4.74 Å². The second kappa shape index (κ2) is 13.6. The van der Waals surface area contributed by atoms with Crippen molar-refractivity contribution in [2.45, 2.75) is 12.0 Å². The van der Waals surface area contributed by atoms with Gasteiger partial charge in [0.25, 0.3) is 0 Å². The van der Waals surface area contributed by atoms with Gasteiger partial charge in [0.15, 0.2) is 0 Å². The predicted molar refractivity (Wildman–Crippen MR) is 266 cm³/mol. The fourth-order valence-electron chi connectivity index (χ4n) is 11.2. The molecule has 14 rings (SSSR count). The molecule has 0 saturated carbocycles. The van der Waals surface area contributed by atoms with Gasteiger partial charge in [-0.25, -0.2) is 0 Å². The molecule has 12 aromatic rings. The van der Waals surface area contributed by atoms with E-state index in [1.807, 2.05) is 0 Å². The van der Waals surface area contributed by atoms with Crippen LogP contribution in [0.15, 0.2) is 224 Å². The highest BCUT2D eigenvalue weighted by atomic mass is 16.5. The number of para-hydroxylation sites is 9. The highest BCUT2D eigenvalue weighted by molar-refractivity contribution is 6.13. The summed E-state index contributed by atoms with van der Waals surface area (Å²) >= 11 is 0. The lowest BCUT2D eigenvalue weighted by atomic mass is 9.82. The molecule has 2 aliphatic rings. The molecule has 0 saturated heterocycles. The Morgan fingerprint density at radius 2 is 0.703 bits per heavy atom. The lowest BCUT2D eigenvalue weighted by molar-refractivity contribution is 0.279. The zero-order valence-electron chi connectivity index (χ0n) is 34.8. The van der Waals surface area contributed by atoms with Crippen molar-refractivity contribution >= 4 is 76.7 Å². The molecule has 2 unspecified atom stereocenters. The number of allylic oxidation sites excluding steroid dienone is 2. The zero-order valence-corrected chi connectivity index (χ0v) is 34.8.